The number of hydrogen-bond acceptors (Lipinski definition) is 3. The second kappa shape index (κ2) is 6.82. The van der Waals surface area contributed by atoms with Gasteiger partial charge in [0.2, 0.25) is 0 Å². The fraction of sp³-hybridized carbons (Fsp3) is 0.571. The molecule has 0 bridgehead atoms. The van der Waals surface area contributed by atoms with E-state index in [0.29, 0.717) is 6.04 Å². The minimum absolute atomic E-state index is 0.453. The molecular formula is C14H21NOS. The Kier molecular flexibility index (Phi) is 5.08. The monoisotopic (exact) mass is 251 g/mol. The molecule has 2 heterocycles. The molecule has 2 nitrogen and oxygen atoms in total. The van der Waals surface area contributed by atoms with Crippen LogP contribution in [0.4, 0.5) is 0 Å². The summed E-state index contributed by atoms with van der Waals surface area (Å²) in [7, 11) is 0. The zero-order valence-electron chi connectivity index (χ0n) is 10.4. The van der Waals surface area contributed by atoms with E-state index >= 15 is 0 Å². The largest absolute Gasteiger partial charge is 0.501 e. The van der Waals surface area contributed by atoms with Gasteiger partial charge in [0, 0.05) is 17.3 Å². The molecule has 0 aromatic carbocycles. The summed E-state index contributed by atoms with van der Waals surface area (Å²) in [4.78, 5) is 1.45. The second-order valence-corrected chi connectivity index (χ2v) is 5.49. The zero-order chi connectivity index (χ0) is 11.9. The van der Waals surface area contributed by atoms with Gasteiger partial charge in [0.05, 0.1) is 12.9 Å². The van der Waals surface area contributed by atoms with Crippen molar-refractivity contribution in [1.82, 2.24) is 5.32 Å². The summed E-state index contributed by atoms with van der Waals surface area (Å²) in [5.74, 6) is 0. The third-order valence-electron chi connectivity index (χ3n) is 3.04. The van der Waals surface area contributed by atoms with Crippen molar-refractivity contribution >= 4 is 11.3 Å². The quantitative estimate of drug-likeness (QED) is 0.837. The molecule has 1 aliphatic heterocycles. The molecule has 94 valence electrons. The van der Waals surface area contributed by atoms with Crippen LogP contribution in [0.15, 0.2) is 29.3 Å². The molecular weight excluding hydrogens is 230 g/mol. The molecule has 0 radical (unpaired) electrons. The van der Waals surface area contributed by atoms with Crippen molar-refractivity contribution in [2.24, 2.45) is 0 Å². The van der Waals surface area contributed by atoms with E-state index in [1.807, 2.05) is 17.6 Å². The summed E-state index contributed by atoms with van der Waals surface area (Å²) in [5, 5.41) is 5.79. The van der Waals surface area contributed by atoms with Crippen LogP contribution in [-0.2, 0) is 11.2 Å². The number of hydrogen-bond donors (Lipinski definition) is 1. The van der Waals surface area contributed by atoms with Crippen molar-refractivity contribution in [1.29, 1.82) is 0 Å². The molecule has 0 saturated carbocycles. The molecule has 1 aromatic heterocycles. The van der Waals surface area contributed by atoms with Gasteiger partial charge in [-0.3, -0.25) is 0 Å². The van der Waals surface area contributed by atoms with Crippen molar-refractivity contribution in [2.45, 2.75) is 38.6 Å². The van der Waals surface area contributed by atoms with Crippen molar-refractivity contribution < 1.29 is 4.74 Å². The van der Waals surface area contributed by atoms with Gasteiger partial charge in [-0.1, -0.05) is 13.0 Å². The topological polar surface area (TPSA) is 21.3 Å². The Morgan fingerprint density at radius 2 is 2.47 bits per heavy atom. The van der Waals surface area contributed by atoms with E-state index in [2.05, 4.69) is 29.8 Å². The molecule has 1 unspecified atom stereocenters. The predicted molar refractivity (Wildman–Crippen MR) is 73.4 cm³/mol. The molecule has 1 aliphatic rings. The van der Waals surface area contributed by atoms with E-state index in [-0.39, 0.29) is 0 Å². The van der Waals surface area contributed by atoms with Crippen LogP contribution in [0.5, 0.6) is 0 Å². The second-order valence-electron chi connectivity index (χ2n) is 4.46. The highest BCUT2D eigenvalue weighted by atomic mass is 32.1. The van der Waals surface area contributed by atoms with Gasteiger partial charge in [-0.25, -0.2) is 0 Å². The van der Waals surface area contributed by atoms with E-state index in [4.69, 9.17) is 4.74 Å². The van der Waals surface area contributed by atoms with Gasteiger partial charge in [0.15, 0.2) is 0 Å². The minimum Gasteiger partial charge on any atom is -0.501 e. The zero-order valence-corrected chi connectivity index (χ0v) is 11.3. The van der Waals surface area contributed by atoms with Crippen LogP contribution in [-0.4, -0.2) is 19.2 Å². The highest BCUT2D eigenvalue weighted by Gasteiger charge is 2.17. The van der Waals surface area contributed by atoms with Crippen molar-refractivity contribution in [2.75, 3.05) is 13.2 Å². The summed E-state index contributed by atoms with van der Waals surface area (Å²) in [5.41, 5.74) is 1.43. The first-order valence-electron chi connectivity index (χ1n) is 6.46. The summed E-state index contributed by atoms with van der Waals surface area (Å²) in [6.07, 6.45) is 6.57. The van der Waals surface area contributed by atoms with Crippen LogP contribution in [0.3, 0.4) is 0 Å². The normalized spacial score (nSPS) is 17.4. The van der Waals surface area contributed by atoms with Crippen molar-refractivity contribution in [3.8, 4) is 0 Å². The van der Waals surface area contributed by atoms with E-state index < -0.39 is 0 Å². The van der Waals surface area contributed by atoms with Crippen LogP contribution >= 0.6 is 11.3 Å². The molecule has 0 fully saturated rings. The minimum atomic E-state index is 0.453. The molecule has 1 N–H and O–H groups in total. The third-order valence-corrected chi connectivity index (χ3v) is 3.93. The molecule has 2 rings (SSSR count). The fourth-order valence-electron chi connectivity index (χ4n) is 2.12. The molecule has 17 heavy (non-hydrogen) atoms. The van der Waals surface area contributed by atoms with Crippen molar-refractivity contribution in [3.63, 3.8) is 0 Å². The van der Waals surface area contributed by atoms with E-state index in [9.17, 15) is 0 Å². The maximum Gasteiger partial charge on any atom is 0.0876 e. The Hall–Kier alpha value is -0.800. The van der Waals surface area contributed by atoms with E-state index in [1.54, 1.807) is 0 Å². The molecule has 0 aliphatic carbocycles. The lowest BCUT2D eigenvalue weighted by Crippen LogP contribution is -2.34. The van der Waals surface area contributed by atoms with Crippen LogP contribution in [0.1, 0.15) is 31.1 Å². The van der Waals surface area contributed by atoms with Crippen LogP contribution < -0.4 is 5.32 Å². The first-order valence-corrected chi connectivity index (χ1v) is 7.34. The highest BCUT2D eigenvalue weighted by Crippen LogP contribution is 2.21. The SMILES string of the molecule is CCCNC(Cc1cccs1)C1=COCCC1. The molecule has 1 aromatic rings. The number of nitrogens with one attached hydrogen (secondary N) is 1. The maximum atomic E-state index is 5.46. The molecule has 3 heteroatoms. The van der Waals surface area contributed by atoms with Gasteiger partial charge in [0.25, 0.3) is 0 Å². The lowest BCUT2D eigenvalue weighted by molar-refractivity contribution is 0.219. The molecule has 1 atom stereocenters. The maximum absolute atomic E-state index is 5.46. The number of ether oxygens (including phenoxy) is 1. The van der Waals surface area contributed by atoms with Gasteiger partial charge in [-0.05, 0) is 42.8 Å². The van der Waals surface area contributed by atoms with Gasteiger partial charge >= 0.3 is 0 Å². The van der Waals surface area contributed by atoms with Gasteiger partial charge in [-0.15, -0.1) is 11.3 Å². The average molecular weight is 251 g/mol. The number of rotatable bonds is 6. The van der Waals surface area contributed by atoms with E-state index in [0.717, 1.165) is 26.0 Å². The summed E-state index contributed by atoms with van der Waals surface area (Å²) < 4.78 is 5.46. The Labute approximate surface area is 108 Å². The van der Waals surface area contributed by atoms with E-state index in [1.165, 1.54) is 23.3 Å². The summed E-state index contributed by atoms with van der Waals surface area (Å²) >= 11 is 1.84. The van der Waals surface area contributed by atoms with Gasteiger partial charge in [-0.2, -0.15) is 0 Å². The lowest BCUT2D eigenvalue weighted by atomic mass is 9.98. The Bertz CT molecular complexity index is 345. The smallest absolute Gasteiger partial charge is 0.0876 e. The molecule has 0 amide bonds. The summed E-state index contributed by atoms with van der Waals surface area (Å²) in [6, 6.07) is 4.80. The molecule has 0 saturated heterocycles. The number of thiophene rings is 1. The third kappa shape index (κ3) is 3.86. The molecule has 0 spiro atoms. The van der Waals surface area contributed by atoms with Crippen molar-refractivity contribution in [3.05, 3.63) is 34.2 Å². The van der Waals surface area contributed by atoms with Gasteiger partial charge < -0.3 is 10.1 Å². The first kappa shape index (κ1) is 12.7. The van der Waals surface area contributed by atoms with Crippen LogP contribution in [0.25, 0.3) is 0 Å². The lowest BCUT2D eigenvalue weighted by Gasteiger charge is -2.24. The predicted octanol–water partition coefficient (Wildman–Crippen LogP) is 3.35. The standard InChI is InChI=1S/C14H21NOS/c1-2-7-15-14(10-13-6-4-9-17-13)12-5-3-8-16-11-12/h4,6,9,11,14-15H,2-3,5,7-8,10H2,1H3. The van der Waals surface area contributed by atoms with Crippen LogP contribution in [0, 0.1) is 0 Å². The van der Waals surface area contributed by atoms with Crippen LogP contribution in [0.2, 0.25) is 0 Å². The summed E-state index contributed by atoms with van der Waals surface area (Å²) in [6.45, 7) is 4.16. The Morgan fingerprint density at radius 1 is 1.53 bits per heavy atom. The fourth-order valence-corrected chi connectivity index (χ4v) is 2.88. The average Bonchev–Trinajstić information content (AvgIpc) is 2.88. The van der Waals surface area contributed by atoms with Gasteiger partial charge in [0.1, 0.15) is 0 Å². The first-order chi connectivity index (χ1) is 8.40. The highest BCUT2D eigenvalue weighted by molar-refractivity contribution is 7.09. The Morgan fingerprint density at radius 3 is 3.12 bits per heavy atom. The Balaban J connectivity index is 1.99.